The van der Waals surface area contributed by atoms with Crippen molar-refractivity contribution in [2.75, 3.05) is 11.9 Å². The zero-order valence-corrected chi connectivity index (χ0v) is 14.5. The SMILES string of the molecule is N#Cc1c(F)c(F)c2c(C(=O)c3ccccc3Cl)c3n(c2c1F)CCCN3. The standard InChI is InChI=1S/C19H11ClF3N3O/c20-11-5-2-1-4-9(11)18(27)13-12-16(23)14(21)10(8-24)15(22)17(12)26-7-3-6-25-19(13)26/h1-2,4-5,25H,3,6-7H2. The molecular weight excluding hydrogens is 379 g/mol. The molecule has 0 amide bonds. The number of hydrogen-bond acceptors (Lipinski definition) is 3. The van der Waals surface area contributed by atoms with Gasteiger partial charge in [-0.25, -0.2) is 13.2 Å². The Labute approximate surface area is 156 Å². The number of nitriles is 1. The van der Waals surface area contributed by atoms with Crippen LogP contribution in [0.1, 0.15) is 27.9 Å². The first-order chi connectivity index (χ1) is 13.0. The average Bonchev–Trinajstić information content (AvgIpc) is 3.02. The zero-order valence-electron chi connectivity index (χ0n) is 13.7. The Kier molecular flexibility index (Phi) is 4.08. The number of aryl methyl sites for hydroxylation is 1. The third-order valence-corrected chi connectivity index (χ3v) is 4.96. The summed E-state index contributed by atoms with van der Waals surface area (Å²) in [5, 5.41) is 11.6. The van der Waals surface area contributed by atoms with Gasteiger partial charge >= 0.3 is 0 Å². The molecule has 3 aromatic rings. The van der Waals surface area contributed by atoms with Crippen LogP contribution in [0.3, 0.4) is 0 Å². The van der Waals surface area contributed by atoms with Crippen LogP contribution in [0, 0.1) is 28.8 Å². The third kappa shape index (κ3) is 2.41. The maximum atomic E-state index is 14.8. The molecule has 1 aliphatic rings. The lowest BCUT2D eigenvalue weighted by atomic mass is 10.00. The highest BCUT2D eigenvalue weighted by atomic mass is 35.5. The molecule has 1 aliphatic heterocycles. The van der Waals surface area contributed by atoms with Gasteiger partial charge < -0.3 is 9.88 Å². The third-order valence-electron chi connectivity index (χ3n) is 4.63. The molecule has 0 radical (unpaired) electrons. The normalized spacial score (nSPS) is 13.1. The van der Waals surface area contributed by atoms with Gasteiger partial charge in [-0.3, -0.25) is 4.79 Å². The van der Waals surface area contributed by atoms with Crippen molar-refractivity contribution in [2.24, 2.45) is 0 Å². The second-order valence-corrected chi connectivity index (χ2v) is 6.52. The predicted octanol–water partition coefficient (Wildman–Crippen LogP) is 4.63. The van der Waals surface area contributed by atoms with Gasteiger partial charge in [0.25, 0.3) is 0 Å². The second-order valence-electron chi connectivity index (χ2n) is 6.12. The van der Waals surface area contributed by atoms with Crippen molar-refractivity contribution in [3.05, 3.63) is 63.4 Å². The number of hydrogen-bond donors (Lipinski definition) is 1. The van der Waals surface area contributed by atoms with Crippen LogP contribution in [0.5, 0.6) is 0 Å². The Hall–Kier alpha value is -2.98. The van der Waals surface area contributed by atoms with Gasteiger partial charge in [-0.1, -0.05) is 23.7 Å². The van der Waals surface area contributed by atoms with E-state index >= 15 is 0 Å². The molecule has 0 saturated carbocycles. The number of nitrogens with zero attached hydrogens (tertiary/aromatic N) is 2. The van der Waals surface area contributed by atoms with E-state index in [4.69, 9.17) is 16.9 Å². The highest BCUT2D eigenvalue weighted by Crippen LogP contribution is 2.39. The van der Waals surface area contributed by atoms with E-state index in [-0.39, 0.29) is 27.5 Å². The summed E-state index contributed by atoms with van der Waals surface area (Å²) >= 11 is 6.09. The molecule has 0 atom stereocenters. The Morgan fingerprint density at radius 2 is 1.93 bits per heavy atom. The van der Waals surface area contributed by atoms with Crippen LogP contribution < -0.4 is 5.32 Å². The van der Waals surface area contributed by atoms with E-state index in [2.05, 4.69) is 5.32 Å². The van der Waals surface area contributed by atoms with Gasteiger partial charge in [0.2, 0.25) is 0 Å². The quantitative estimate of drug-likeness (QED) is 0.513. The number of fused-ring (bicyclic) bond motifs is 3. The van der Waals surface area contributed by atoms with Crippen molar-refractivity contribution in [1.29, 1.82) is 5.26 Å². The summed E-state index contributed by atoms with van der Waals surface area (Å²) in [4.78, 5) is 13.1. The van der Waals surface area contributed by atoms with Gasteiger partial charge in [0, 0.05) is 18.7 Å². The summed E-state index contributed by atoms with van der Waals surface area (Å²) in [6, 6.07) is 7.52. The molecule has 0 aliphatic carbocycles. The molecule has 2 aromatic carbocycles. The minimum Gasteiger partial charge on any atom is -0.371 e. The Bertz CT molecular complexity index is 1160. The lowest BCUT2D eigenvalue weighted by molar-refractivity contribution is 0.104. The van der Waals surface area contributed by atoms with Crippen molar-refractivity contribution in [1.82, 2.24) is 4.57 Å². The maximum absolute atomic E-state index is 14.8. The fourth-order valence-corrected chi connectivity index (χ4v) is 3.67. The second kappa shape index (κ2) is 6.32. The molecule has 4 nitrogen and oxygen atoms in total. The number of rotatable bonds is 2. The van der Waals surface area contributed by atoms with Gasteiger partial charge in [0.05, 0.1) is 21.5 Å². The minimum atomic E-state index is -1.61. The number of aromatic nitrogens is 1. The predicted molar refractivity (Wildman–Crippen MR) is 94.5 cm³/mol. The molecule has 0 bridgehead atoms. The molecule has 136 valence electrons. The highest BCUT2D eigenvalue weighted by molar-refractivity contribution is 6.36. The topological polar surface area (TPSA) is 57.8 Å². The summed E-state index contributed by atoms with van der Waals surface area (Å²) in [6.07, 6.45) is 0.594. The monoisotopic (exact) mass is 389 g/mol. The highest BCUT2D eigenvalue weighted by Gasteiger charge is 2.33. The van der Waals surface area contributed by atoms with Gasteiger partial charge in [-0.15, -0.1) is 0 Å². The average molecular weight is 390 g/mol. The fourth-order valence-electron chi connectivity index (χ4n) is 3.45. The number of carbonyl (C=O) groups is 1. The lowest BCUT2D eigenvalue weighted by Crippen LogP contribution is -2.19. The number of benzene rings is 2. The molecule has 0 spiro atoms. The largest absolute Gasteiger partial charge is 0.371 e. The molecule has 1 N–H and O–H groups in total. The van der Waals surface area contributed by atoms with Crippen LogP contribution in [0.15, 0.2) is 24.3 Å². The van der Waals surface area contributed by atoms with Crippen molar-refractivity contribution >= 4 is 34.1 Å². The Balaban J connectivity index is 2.15. The number of nitrogens with one attached hydrogen (secondary N) is 1. The summed E-state index contributed by atoms with van der Waals surface area (Å²) in [5.74, 6) is -4.69. The summed E-state index contributed by atoms with van der Waals surface area (Å²) in [5.41, 5.74) is -1.42. The first kappa shape index (κ1) is 17.4. The van der Waals surface area contributed by atoms with Crippen molar-refractivity contribution in [2.45, 2.75) is 13.0 Å². The van der Waals surface area contributed by atoms with E-state index in [1.807, 2.05) is 0 Å². The molecule has 1 aromatic heterocycles. The molecule has 0 saturated heterocycles. The maximum Gasteiger partial charge on any atom is 0.198 e. The van der Waals surface area contributed by atoms with Crippen molar-refractivity contribution in [3.8, 4) is 6.07 Å². The zero-order chi connectivity index (χ0) is 19.3. The molecule has 2 heterocycles. The van der Waals surface area contributed by atoms with Crippen LogP contribution in [-0.2, 0) is 6.54 Å². The van der Waals surface area contributed by atoms with Crippen molar-refractivity contribution in [3.63, 3.8) is 0 Å². The molecule has 0 unspecified atom stereocenters. The summed E-state index contributed by atoms with van der Waals surface area (Å²) in [6.45, 7) is 0.775. The summed E-state index contributed by atoms with van der Waals surface area (Å²) < 4.78 is 45.3. The molecule has 8 heteroatoms. The van der Waals surface area contributed by atoms with Crippen LogP contribution in [-0.4, -0.2) is 16.9 Å². The first-order valence-corrected chi connectivity index (χ1v) is 8.51. The number of carbonyl (C=O) groups excluding carboxylic acids is 1. The molecule has 27 heavy (non-hydrogen) atoms. The van der Waals surface area contributed by atoms with Crippen LogP contribution in [0.2, 0.25) is 5.02 Å². The van der Waals surface area contributed by atoms with Gasteiger partial charge in [-0.2, -0.15) is 5.26 Å². The number of ketones is 1. The smallest absolute Gasteiger partial charge is 0.198 e. The summed E-state index contributed by atoms with van der Waals surface area (Å²) in [7, 11) is 0. The van der Waals surface area contributed by atoms with Crippen molar-refractivity contribution < 1.29 is 18.0 Å². The van der Waals surface area contributed by atoms with E-state index in [9.17, 15) is 18.0 Å². The van der Waals surface area contributed by atoms with E-state index < -0.39 is 34.2 Å². The lowest BCUT2D eigenvalue weighted by Gasteiger charge is -2.19. The van der Waals surface area contributed by atoms with E-state index in [1.165, 1.54) is 22.8 Å². The fraction of sp³-hybridized carbons (Fsp3) is 0.158. The Morgan fingerprint density at radius 3 is 2.63 bits per heavy atom. The van der Waals surface area contributed by atoms with Crippen LogP contribution >= 0.6 is 11.6 Å². The van der Waals surface area contributed by atoms with Crippen LogP contribution in [0.25, 0.3) is 10.9 Å². The molecule has 0 fully saturated rings. The van der Waals surface area contributed by atoms with Gasteiger partial charge in [-0.05, 0) is 18.6 Å². The van der Waals surface area contributed by atoms with E-state index in [0.717, 1.165) is 0 Å². The Morgan fingerprint density at radius 1 is 1.19 bits per heavy atom. The number of anilines is 1. The minimum absolute atomic E-state index is 0.0893. The van der Waals surface area contributed by atoms with E-state index in [1.54, 1.807) is 12.1 Å². The van der Waals surface area contributed by atoms with Gasteiger partial charge in [0.1, 0.15) is 17.5 Å². The van der Waals surface area contributed by atoms with Gasteiger partial charge in [0.15, 0.2) is 23.2 Å². The molecular formula is C19H11ClF3N3O. The number of halogens is 4. The van der Waals surface area contributed by atoms with E-state index in [0.29, 0.717) is 19.5 Å². The van der Waals surface area contributed by atoms with Crippen LogP contribution in [0.4, 0.5) is 19.0 Å². The molecule has 4 rings (SSSR count). The first-order valence-electron chi connectivity index (χ1n) is 8.13.